The first-order valence-corrected chi connectivity index (χ1v) is 11.8. The first kappa shape index (κ1) is 21.2. The Hall–Kier alpha value is -1.54. The monoisotopic (exact) mass is 438 g/mol. The van der Waals surface area contributed by atoms with Crippen LogP contribution in [-0.4, -0.2) is 55.0 Å². The molecule has 0 N–H and O–H groups in total. The van der Waals surface area contributed by atoms with Crippen LogP contribution in [0.3, 0.4) is 0 Å². The van der Waals surface area contributed by atoms with Crippen molar-refractivity contribution in [1.82, 2.24) is 9.21 Å². The Morgan fingerprint density at radius 1 is 1.04 bits per heavy atom. The average molecular weight is 439 g/mol. The molecule has 1 aliphatic rings. The van der Waals surface area contributed by atoms with Gasteiger partial charge in [-0.1, -0.05) is 43.6 Å². The van der Waals surface area contributed by atoms with E-state index in [-0.39, 0.29) is 23.9 Å². The zero-order valence-electron chi connectivity index (χ0n) is 15.8. The van der Waals surface area contributed by atoms with Gasteiger partial charge in [0.1, 0.15) is 0 Å². The van der Waals surface area contributed by atoms with E-state index in [1.807, 2.05) is 24.3 Å². The van der Waals surface area contributed by atoms with Crippen molar-refractivity contribution >= 4 is 39.3 Å². The molecule has 150 valence electrons. The van der Waals surface area contributed by atoms with Crippen LogP contribution in [0.4, 0.5) is 0 Å². The molecular weight excluding hydrogens is 416 g/mol. The van der Waals surface area contributed by atoms with Crippen LogP contribution in [0.5, 0.6) is 0 Å². The Balaban J connectivity index is 1.71. The predicted molar refractivity (Wildman–Crippen MR) is 114 cm³/mol. The van der Waals surface area contributed by atoms with Crippen LogP contribution >= 0.6 is 23.4 Å². The molecule has 3 rings (SSSR count). The summed E-state index contributed by atoms with van der Waals surface area (Å²) in [5.74, 6) is -0.0523. The summed E-state index contributed by atoms with van der Waals surface area (Å²) in [6.07, 6.45) is 0. The van der Waals surface area contributed by atoms with Crippen molar-refractivity contribution in [3.63, 3.8) is 0 Å². The highest BCUT2D eigenvalue weighted by molar-refractivity contribution is 8.00. The van der Waals surface area contributed by atoms with E-state index < -0.39 is 10.0 Å². The molecule has 1 amide bonds. The van der Waals surface area contributed by atoms with Gasteiger partial charge in [0.25, 0.3) is 5.91 Å². The number of amides is 1. The molecule has 5 nitrogen and oxygen atoms in total. The maximum absolute atomic E-state index is 13.0. The molecule has 0 atom stereocenters. The van der Waals surface area contributed by atoms with Gasteiger partial charge in [-0.25, -0.2) is 8.42 Å². The van der Waals surface area contributed by atoms with E-state index in [2.05, 4.69) is 13.8 Å². The maximum Gasteiger partial charge on any atom is 0.255 e. The van der Waals surface area contributed by atoms with Crippen molar-refractivity contribution < 1.29 is 13.2 Å². The molecule has 0 saturated carbocycles. The largest absolute Gasteiger partial charge is 0.336 e. The predicted octanol–water partition coefficient (Wildman–Crippen LogP) is 3.99. The third kappa shape index (κ3) is 4.71. The topological polar surface area (TPSA) is 57.7 Å². The molecule has 0 bridgehead atoms. The molecular formula is C20H23ClN2O3S2. The van der Waals surface area contributed by atoms with Crippen LogP contribution in [0, 0.1) is 0 Å². The summed E-state index contributed by atoms with van der Waals surface area (Å²) in [6, 6.07) is 13.8. The molecule has 2 aromatic carbocycles. The third-order valence-electron chi connectivity index (χ3n) is 4.44. The highest BCUT2D eigenvalue weighted by Crippen LogP contribution is 2.28. The van der Waals surface area contributed by atoms with E-state index in [0.29, 0.717) is 28.9 Å². The van der Waals surface area contributed by atoms with Crippen molar-refractivity contribution in [3.05, 3.63) is 59.1 Å². The first-order chi connectivity index (χ1) is 13.3. The van der Waals surface area contributed by atoms with Crippen molar-refractivity contribution in [1.29, 1.82) is 0 Å². The number of hydrogen-bond acceptors (Lipinski definition) is 4. The second kappa shape index (κ2) is 8.86. The number of piperazine rings is 1. The van der Waals surface area contributed by atoms with Gasteiger partial charge in [0.2, 0.25) is 10.0 Å². The number of carbonyl (C=O) groups excluding carboxylic acids is 1. The summed E-state index contributed by atoms with van der Waals surface area (Å²) >= 11 is 7.59. The van der Waals surface area contributed by atoms with E-state index >= 15 is 0 Å². The first-order valence-electron chi connectivity index (χ1n) is 9.09. The molecule has 0 radical (unpaired) electrons. The lowest BCUT2D eigenvalue weighted by Crippen LogP contribution is -2.50. The molecule has 0 aromatic heterocycles. The summed E-state index contributed by atoms with van der Waals surface area (Å²) in [5.41, 5.74) is 0.673. The SMILES string of the molecule is CC(C)Sc1ccccc1C(=O)N1CCN(S(=O)(=O)c2cccc(Cl)c2)CC1. The summed E-state index contributed by atoms with van der Waals surface area (Å²) in [7, 11) is -3.62. The molecule has 1 heterocycles. The van der Waals surface area contributed by atoms with E-state index in [1.165, 1.54) is 16.4 Å². The number of halogens is 1. The summed E-state index contributed by atoms with van der Waals surface area (Å²) < 4.78 is 27.1. The Bertz CT molecular complexity index is 955. The Morgan fingerprint density at radius 2 is 1.71 bits per heavy atom. The Morgan fingerprint density at radius 3 is 2.36 bits per heavy atom. The van der Waals surface area contributed by atoms with Crippen molar-refractivity contribution in [3.8, 4) is 0 Å². The second-order valence-corrected chi connectivity index (χ2v) is 10.8. The number of hydrogen-bond donors (Lipinski definition) is 0. The molecule has 2 aromatic rings. The lowest BCUT2D eigenvalue weighted by atomic mass is 10.2. The number of nitrogens with zero attached hydrogens (tertiary/aromatic N) is 2. The smallest absolute Gasteiger partial charge is 0.255 e. The zero-order chi connectivity index (χ0) is 20.3. The Kier molecular flexibility index (Phi) is 6.70. The normalized spacial score (nSPS) is 15.8. The van der Waals surface area contributed by atoms with Gasteiger partial charge in [0, 0.05) is 41.3 Å². The van der Waals surface area contributed by atoms with E-state index in [0.717, 1.165) is 4.90 Å². The quantitative estimate of drug-likeness (QED) is 0.662. The summed E-state index contributed by atoms with van der Waals surface area (Å²) in [4.78, 5) is 15.9. The van der Waals surface area contributed by atoms with Crippen LogP contribution in [0.2, 0.25) is 5.02 Å². The van der Waals surface area contributed by atoms with E-state index in [4.69, 9.17) is 11.6 Å². The fourth-order valence-corrected chi connectivity index (χ4v) is 5.75. The minimum Gasteiger partial charge on any atom is -0.336 e. The summed E-state index contributed by atoms with van der Waals surface area (Å²) in [6.45, 7) is 5.43. The van der Waals surface area contributed by atoms with Gasteiger partial charge in [-0.05, 0) is 30.3 Å². The maximum atomic E-state index is 13.0. The average Bonchev–Trinajstić information content (AvgIpc) is 2.67. The molecule has 0 aliphatic carbocycles. The fourth-order valence-electron chi connectivity index (χ4n) is 3.08. The van der Waals surface area contributed by atoms with Crippen molar-refractivity contribution in [2.75, 3.05) is 26.2 Å². The highest BCUT2D eigenvalue weighted by atomic mass is 35.5. The molecule has 0 spiro atoms. The lowest BCUT2D eigenvalue weighted by Gasteiger charge is -2.34. The molecule has 0 unspecified atom stereocenters. The fraction of sp³-hybridized carbons (Fsp3) is 0.350. The highest BCUT2D eigenvalue weighted by Gasteiger charge is 2.31. The van der Waals surface area contributed by atoms with E-state index in [9.17, 15) is 13.2 Å². The minimum atomic E-state index is -3.62. The van der Waals surface area contributed by atoms with Gasteiger partial charge < -0.3 is 4.90 Å². The number of rotatable bonds is 5. The number of sulfonamides is 1. The van der Waals surface area contributed by atoms with Gasteiger partial charge in [0.05, 0.1) is 10.5 Å². The third-order valence-corrected chi connectivity index (χ3v) is 7.65. The van der Waals surface area contributed by atoms with Gasteiger partial charge >= 0.3 is 0 Å². The lowest BCUT2D eigenvalue weighted by molar-refractivity contribution is 0.0694. The van der Waals surface area contributed by atoms with Crippen LogP contribution in [0.25, 0.3) is 0 Å². The summed E-state index contributed by atoms with van der Waals surface area (Å²) in [5, 5.41) is 0.753. The van der Waals surface area contributed by atoms with Crippen LogP contribution in [0.1, 0.15) is 24.2 Å². The second-order valence-electron chi connectivity index (χ2n) is 6.82. The van der Waals surface area contributed by atoms with Crippen LogP contribution < -0.4 is 0 Å². The Labute approximate surface area is 175 Å². The number of thioether (sulfide) groups is 1. The van der Waals surface area contributed by atoms with E-state index in [1.54, 1.807) is 28.8 Å². The molecule has 8 heteroatoms. The zero-order valence-corrected chi connectivity index (χ0v) is 18.2. The van der Waals surface area contributed by atoms with Crippen molar-refractivity contribution in [2.45, 2.75) is 28.9 Å². The minimum absolute atomic E-state index is 0.0523. The van der Waals surface area contributed by atoms with Gasteiger partial charge in [0.15, 0.2) is 0 Å². The molecule has 1 aliphatic heterocycles. The van der Waals surface area contributed by atoms with Crippen molar-refractivity contribution in [2.24, 2.45) is 0 Å². The van der Waals surface area contributed by atoms with Crippen LogP contribution in [0.15, 0.2) is 58.3 Å². The van der Waals surface area contributed by atoms with Gasteiger partial charge in [-0.15, -0.1) is 11.8 Å². The van der Waals surface area contributed by atoms with Gasteiger partial charge in [-0.3, -0.25) is 4.79 Å². The standard InChI is InChI=1S/C20H23ClN2O3S2/c1-15(2)27-19-9-4-3-8-18(19)20(24)22-10-12-23(13-11-22)28(25,26)17-7-5-6-16(21)14-17/h3-9,14-15H,10-13H2,1-2H3. The van der Waals surface area contributed by atoms with Gasteiger partial charge in [-0.2, -0.15) is 4.31 Å². The molecule has 1 saturated heterocycles. The number of carbonyl (C=O) groups is 1. The number of benzene rings is 2. The van der Waals surface area contributed by atoms with Crippen LogP contribution in [-0.2, 0) is 10.0 Å². The molecule has 28 heavy (non-hydrogen) atoms. The molecule has 1 fully saturated rings.